The molecule has 0 saturated carbocycles. The summed E-state index contributed by atoms with van der Waals surface area (Å²) >= 11 is 0. The van der Waals surface area contributed by atoms with Crippen LogP contribution in [0.2, 0.25) is 0 Å². The molecule has 0 fully saturated rings. The summed E-state index contributed by atoms with van der Waals surface area (Å²) in [6.07, 6.45) is 0. The Morgan fingerprint density at radius 3 is 3.06 bits per heavy atom. The number of aromatic nitrogens is 4. The Morgan fingerprint density at radius 1 is 1.56 bits per heavy atom. The lowest BCUT2D eigenvalue weighted by atomic mass is 10.3. The highest BCUT2D eigenvalue weighted by atomic mass is 16.5. The zero-order valence-corrected chi connectivity index (χ0v) is 9.79. The van der Waals surface area contributed by atoms with Gasteiger partial charge in [-0.2, -0.15) is 10.1 Å². The fraction of sp³-hybridized carbons (Fsp3) is 0.400. The maximum absolute atomic E-state index is 10.9. The van der Waals surface area contributed by atoms with Crippen LogP contribution in [0.5, 0.6) is 0 Å². The molecule has 0 aliphatic rings. The molecule has 2 aromatic heterocycles. The van der Waals surface area contributed by atoms with Crippen molar-refractivity contribution < 1.29 is 9.26 Å². The van der Waals surface area contributed by atoms with E-state index in [4.69, 9.17) is 15.0 Å². The highest BCUT2D eigenvalue weighted by Gasteiger charge is 2.16. The molecule has 0 spiro atoms. The van der Waals surface area contributed by atoms with E-state index in [0.29, 0.717) is 24.7 Å². The minimum Gasteiger partial charge on any atom is -0.380 e. The number of nitrogens with one attached hydrogen (secondary N) is 1. The summed E-state index contributed by atoms with van der Waals surface area (Å²) in [5.74, 6) is 0.541. The Kier molecular flexibility index (Phi) is 3.80. The second-order valence-corrected chi connectivity index (χ2v) is 3.53. The summed E-state index contributed by atoms with van der Waals surface area (Å²) in [7, 11) is 0. The smallest absolute Gasteiger partial charge is 0.278 e. The van der Waals surface area contributed by atoms with Crippen molar-refractivity contribution in [2.75, 3.05) is 13.2 Å². The number of H-pyrrole nitrogens is 1. The first-order valence-corrected chi connectivity index (χ1v) is 5.43. The number of aromatic amines is 1. The van der Waals surface area contributed by atoms with Crippen LogP contribution in [0.15, 0.2) is 21.5 Å². The van der Waals surface area contributed by atoms with Crippen LogP contribution in [0.1, 0.15) is 18.8 Å². The van der Waals surface area contributed by atoms with Gasteiger partial charge >= 0.3 is 0 Å². The molecule has 0 bridgehead atoms. The molecule has 0 aliphatic carbocycles. The molecule has 1 atom stereocenters. The van der Waals surface area contributed by atoms with Crippen molar-refractivity contribution in [3.63, 3.8) is 0 Å². The van der Waals surface area contributed by atoms with Crippen molar-refractivity contribution in [1.29, 1.82) is 0 Å². The van der Waals surface area contributed by atoms with Crippen molar-refractivity contribution in [3.05, 3.63) is 28.3 Å². The number of hydrogen-bond donors (Lipinski definition) is 2. The van der Waals surface area contributed by atoms with Gasteiger partial charge in [0, 0.05) is 12.7 Å². The van der Waals surface area contributed by atoms with E-state index in [1.807, 2.05) is 6.92 Å². The SMILES string of the molecule is CCOCC(N)c1noc(-c2ccc(=O)[nH]n2)n1. The summed E-state index contributed by atoms with van der Waals surface area (Å²) in [5.41, 5.74) is 5.89. The van der Waals surface area contributed by atoms with Crippen molar-refractivity contribution in [1.82, 2.24) is 20.3 Å². The molecular weight excluding hydrogens is 238 g/mol. The standard InChI is InChI=1S/C10H13N5O3/c1-2-17-5-6(11)9-12-10(18-15-9)7-3-4-8(16)14-13-7/h3-4,6H,2,5,11H2,1H3,(H,14,16). The van der Waals surface area contributed by atoms with E-state index >= 15 is 0 Å². The summed E-state index contributed by atoms with van der Waals surface area (Å²) in [6, 6.07) is 2.36. The lowest BCUT2D eigenvalue weighted by Gasteiger charge is -2.05. The van der Waals surface area contributed by atoms with Gasteiger partial charge in [-0.25, -0.2) is 5.10 Å². The Morgan fingerprint density at radius 2 is 2.39 bits per heavy atom. The van der Waals surface area contributed by atoms with Gasteiger partial charge in [0.25, 0.3) is 11.4 Å². The highest BCUT2D eigenvalue weighted by Crippen LogP contribution is 2.14. The quantitative estimate of drug-likeness (QED) is 0.758. The van der Waals surface area contributed by atoms with E-state index in [1.165, 1.54) is 12.1 Å². The van der Waals surface area contributed by atoms with Crippen molar-refractivity contribution in [2.45, 2.75) is 13.0 Å². The predicted molar refractivity (Wildman–Crippen MR) is 61.6 cm³/mol. The molecular formula is C10H13N5O3. The molecule has 0 amide bonds. The minimum absolute atomic E-state index is 0.202. The van der Waals surface area contributed by atoms with E-state index in [1.54, 1.807) is 0 Å². The van der Waals surface area contributed by atoms with Crippen LogP contribution < -0.4 is 11.3 Å². The fourth-order valence-corrected chi connectivity index (χ4v) is 1.27. The number of nitrogens with two attached hydrogens (primary N) is 1. The van der Waals surface area contributed by atoms with Crippen LogP contribution in [-0.4, -0.2) is 33.6 Å². The van der Waals surface area contributed by atoms with Crippen molar-refractivity contribution >= 4 is 0 Å². The van der Waals surface area contributed by atoms with E-state index < -0.39 is 6.04 Å². The van der Waals surface area contributed by atoms with Gasteiger partial charge in [0.2, 0.25) is 0 Å². The van der Waals surface area contributed by atoms with Crippen LogP contribution in [0.3, 0.4) is 0 Å². The maximum Gasteiger partial charge on any atom is 0.278 e. The molecule has 2 rings (SSSR count). The normalized spacial score (nSPS) is 12.6. The van der Waals surface area contributed by atoms with E-state index in [-0.39, 0.29) is 11.4 Å². The maximum atomic E-state index is 10.9. The molecule has 3 N–H and O–H groups in total. The molecule has 96 valence electrons. The molecule has 8 nitrogen and oxygen atoms in total. The topological polar surface area (TPSA) is 120 Å². The average Bonchev–Trinajstić information content (AvgIpc) is 2.86. The van der Waals surface area contributed by atoms with Gasteiger partial charge in [0.15, 0.2) is 5.82 Å². The van der Waals surface area contributed by atoms with Crippen LogP contribution in [-0.2, 0) is 4.74 Å². The average molecular weight is 251 g/mol. The van der Waals surface area contributed by atoms with Crippen LogP contribution in [0.4, 0.5) is 0 Å². The Bertz CT molecular complexity index is 544. The Balaban J connectivity index is 2.14. The van der Waals surface area contributed by atoms with E-state index in [9.17, 15) is 4.79 Å². The zero-order valence-electron chi connectivity index (χ0n) is 9.79. The number of hydrogen-bond acceptors (Lipinski definition) is 7. The Labute approximate surface area is 102 Å². The third-order valence-corrected chi connectivity index (χ3v) is 2.17. The van der Waals surface area contributed by atoms with E-state index in [0.717, 1.165) is 0 Å². The number of rotatable bonds is 5. The summed E-state index contributed by atoms with van der Waals surface area (Å²) in [4.78, 5) is 15.0. The molecule has 18 heavy (non-hydrogen) atoms. The fourth-order valence-electron chi connectivity index (χ4n) is 1.27. The second-order valence-electron chi connectivity index (χ2n) is 3.53. The largest absolute Gasteiger partial charge is 0.380 e. The van der Waals surface area contributed by atoms with Crippen LogP contribution >= 0.6 is 0 Å². The lowest BCUT2D eigenvalue weighted by molar-refractivity contribution is 0.130. The van der Waals surface area contributed by atoms with Gasteiger partial charge in [0.05, 0.1) is 12.6 Å². The summed E-state index contributed by atoms with van der Waals surface area (Å²) < 4.78 is 10.2. The van der Waals surface area contributed by atoms with Gasteiger partial charge in [0.1, 0.15) is 5.69 Å². The van der Waals surface area contributed by atoms with Crippen molar-refractivity contribution in [3.8, 4) is 11.6 Å². The van der Waals surface area contributed by atoms with E-state index in [2.05, 4.69) is 20.3 Å². The molecule has 1 unspecified atom stereocenters. The van der Waals surface area contributed by atoms with Gasteiger partial charge in [-0.3, -0.25) is 4.79 Å². The second kappa shape index (κ2) is 5.52. The summed E-state index contributed by atoms with van der Waals surface area (Å²) in [5, 5.41) is 9.80. The molecule has 2 heterocycles. The first-order chi connectivity index (χ1) is 8.70. The van der Waals surface area contributed by atoms with Crippen molar-refractivity contribution in [2.24, 2.45) is 5.73 Å². The number of nitrogens with zero attached hydrogens (tertiary/aromatic N) is 3. The van der Waals surface area contributed by atoms with Gasteiger partial charge in [-0.1, -0.05) is 5.16 Å². The minimum atomic E-state index is -0.454. The number of ether oxygens (including phenoxy) is 1. The lowest BCUT2D eigenvalue weighted by Crippen LogP contribution is -2.18. The zero-order chi connectivity index (χ0) is 13.0. The molecule has 8 heteroatoms. The third-order valence-electron chi connectivity index (χ3n) is 2.17. The predicted octanol–water partition coefficient (Wildman–Crippen LogP) is -0.144. The third kappa shape index (κ3) is 2.79. The first kappa shape index (κ1) is 12.4. The van der Waals surface area contributed by atoms with Gasteiger partial charge < -0.3 is 15.0 Å². The highest BCUT2D eigenvalue weighted by molar-refractivity contribution is 5.44. The molecule has 0 aromatic carbocycles. The van der Waals surface area contributed by atoms with Gasteiger partial charge in [-0.05, 0) is 13.0 Å². The molecule has 2 aromatic rings. The molecule has 0 saturated heterocycles. The Hall–Kier alpha value is -2.06. The first-order valence-electron chi connectivity index (χ1n) is 5.43. The van der Waals surface area contributed by atoms with Crippen LogP contribution in [0, 0.1) is 0 Å². The summed E-state index contributed by atoms with van der Waals surface area (Å²) in [6.45, 7) is 2.76. The van der Waals surface area contributed by atoms with Gasteiger partial charge in [-0.15, -0.1) is 0 Å². The van der Waals surface area contributed by atoms with Crippen LogP contribution in [0.25, 0.3) is 11.6 Å². The molecule has 0 aliphatic heterocycles. The molecule has 0 radical (unpaired) electrons. The monoisotopic (exact) mass is 251 g/mol.